The first-order chi connectivity index (χ1) is 13.4. The maximum atomic E-state index is 12.4. The number of allylic oxidation sites excluding steroid dienone is 1. The molecule has 29 heavy (non-hydrogen) atoms. The van der Waals surface area contributed by atoms with Gasteiger partial charge in [0.25, 0.3) is 0 Å². The van der Waals surface area contributed by atoms with Crippen molar-refractivity contribution in [3.63, 3.8) is 0 Å². The summed E-state index contributed by atoms with van der Waals surface area (Å²) >= 11 is 3.63. The number of nitrogens with one attached hydrogen (secondary N) is 1. The first-order valence-electron chi connectivity index (χ1n) is 9.71. The lowest BCUT2D eigenvalue weighted by Gasteiger charge is -2.32. The summed E-state index contributed by atoms with van der Waals surface area (Å²) in [7, 11) is 2.97. The van der Waals surface area contributed by atoms with Crippen molar-refractivity contribution in [3.8, 4) is 0 Å². The summed E-state index contributed by atoms with van der Waals surface area (Å²) in [6.07, 6.45) is 8.46. The molecule has 0 spiro atoms. The van der Waals surface area contributed by atoms with E-state index in [0.29, 0.717) is 22.9 Å². The van der Waals surface area contributed by atoms with Gasteiger partial charge in [0.2, 0.25) is 0 Å². The van der Waals surface area contributed by atoms with Crippen molar-refractivity contribution < 1.29 is 19.1 Å². The van der Waals surface area contributed by atoms with Gasteiger partial charge < -0.3 is 20.5 Å². The van der Waals surface area contributed by atoms with Crippen molar-refractivity contribution in [2.45, 2.75) is 52.4 Å². The molecule has 2 rings (SSSR count). The molecule has 1 atom stereocenters. The molecular weight excluding hydrogens is 414 g/mol. The van der Waals surface area contributed by atoms with Gasteiger partial charge in [-0.3, -0.25) is 4.99 Å². The summed E-state index contributed by atoms with van der Waals surface area (Å²) in [5, 5.41) is 3.36. The lowest BCUT2D eigenvalue weighted by Crippen LogP contribution is -2.34. The molecule has 0 aromatic carbocycles. The zero-order valence-corrected chi connectivity index (χ0v) is 19.4. The number of carbonyl (C=O) groups is 2. The molecule has 9 heteroatoms. The fourth-order valence-electron chi connectivity index (χ4n) is 3.67. The normalized spacial score (nSPS) is 20.1. The van der Waals surface area contributed by atoms with Crippen molar-refractivity contribution >= 4 is 42.1 Å². The molecule has 2 aliphatic rings. The molecule has 0 saturated heterocycles. The number of methoxy groups -OCH3 is 1. The first kappa shape index (κ1) is 27.3. The van der Waals surface area contributed by atoms with Crippen molar-refractivity contribution in [2.75, 3.05) is 20.8 Å². The number of carbonyl (C=O) groups excluding carboxylic acids is 2. The van der Waals surface area contributed by atoms with E-state index in [1.165, 1.54) is 20.0 Å². The Bertz CT molecular complexity index is 638. The molecule has 1 aliphatic carbocycles. The van der Waals surface area contributed by atoms with E-state index in [1.807, 2.05) is 6.92 Å². The van der Waals surface area contributed by atoms with Gasteiger partial charge in [-0.25, -0.2) is 9.59 Å². The number of hydrogen-bond donors (Lipinski definition) is 3. The van der Waals surface area contributed by atoms with Gasteiger partial charge in [-0.2, -0.15) is 0 Å². The Morgan fingerprint density at radius 3 is 2.24 bits per heavy atom. The highest BCUT2D eigenvalue weighted by Crippen LogP contribution is 2.40. The van der Waals surface area contributed by atoms with Crippen LogP contribution in [0.3, 0.4) is 0 Å². The van der Waals surface area contributed by atoms with Gasteiger partial charge >= 0.3 is 11.9 Å². The predicted molar refractivity (Wildman–Crippen MR) is 121 cm³/mol. The van der Waals surface area contributed by atoms with Crippen molar-refractivity contribution in [1.82, 2.24) is 5.32 Å². The van der Waals surface area contributed by atoms with Crippen LogP contribution in [0.4, 0.5) is 0 Å². The van der Waals surface area contributed by atoms with Crippen LogP contribution in [0, 0.1) is 11.8 Å². The first-order valence-corrected chi connectivity index (χ1v) is 10.2. The molecule has 0 radical (unpaired) electrons. The second-order valence-electron chi connectivity index (χ2n) is 6.81. The molecule has 0 unspecified atom stereocenters. The third-order valence-electron chi connectivity index (χ3n) is 5.01. The average molecular weight is 448 g/mol. The summed E-state index contributed by atoms with van der Waals surface area (Å²) in [5.74, 6) is -0.664. The highest BCUT2D eigenvalue weighted by Gasteiger charge is 2.39. The number of rotatable bonds is 4. The zero-order valence-electron chi connectivity index (χ0n) is 17.7. The summed E-state index contributed by atoms with van der Waals surface area (Å²) in [6.45, 7) is 3.97. The van der Waals surface area contributed by atoms with E-state index >= 15 is 0 Å². The molecule has 1 fully saturated rings. The Balaban J connectivity index is 0.00000117. The summed E-state index contributed by atoms with van der Waals surface area (Å²) in [4.78, 5) is 28.2. The minimum Gasteiger partial charge on any atom is -0.466 e. The van der Waals surface area contributed by atoms with Crippen LogP contribution in [0.2, 0.25) is 0 Å². The monoisotopic (exact) mass is 447 g/mol. The molecule has 1 aliphatic heterocycles. The minimum absolute atomic E-state index is 0. The third-order valence-corrected chi connectivity index (χ3v) is 5.21. The summed E-state index contributed by atoms with van der Waals surface area (Å²) < 4.78 is 10.2. The van der Waals surface area contributed by atoms with Gasteiger partial charge in [0.1, 0.15) is 5.17 Å². The summed E-state index contributed by atoms with van der Waals surface area (Å²) in [5.41, 5.74) is 6.79. The lowest BCUT2D eigenvalue weighted by atomic mass is 9.75. The molecule has 7 nitrogen and oxygen atoms in total. The minimum atomic E-state index is -0.362. The Hall–Kier alpha value is -1.67. The van der Waals surface area contributed by atoms with E-state index in [0.717, 1.165) is 31.4 Å². The van der Waals surface area contributed by atoms with Crippen molar-refractivity contribution in [3.05, 3.63) is 23.0 Å². The van der Waals surface area contributed by atoms with Crippen LogP contribution in [0.25, 0.3) is 0 Å². The van der Waals surface area contributed by atoms with Gasteiger partial charge in [0, 0.05) is 24.9 Å². The van der Waals surface area contributed by atoms with Crippen LogP contribution in [0.1, 0.15) is 52.4 Å². The molecule has 0 bridgehead atoms. The second kappa shape index (κ2) is 14.3. The van der Waals surface area contributed by atoms with E-state index in [9.17, 15) is 9.59 Å². The smallest absolute Gasteiger partial charge is 0.336 e. The van der Waals surface area contributed by atoms with E-state index in [4.69, 9.17) is 15.2 Å². The van der Waals surface area contributed by atoms with Gasteiger partial charge in [-0.05, 0) is 32.6 Å². The van der Waals surface area contributed by atoms with Gasteiger partial charge in [0.15, 0.2) is 0 Å². The highest BCUT2D eigenvalue weighted by atomic mass is 35.5. The molecule has 1 saturated carbocycles. The molecule has 3 N–H and O–H groups in total. The molecule has 0 amide bonds. The van der Waals surface area contributed by atoms with Gasteiger partial charge in [-0.15, -0.1) is 25.0 Å². The number of halogens is 1. The third kappa shape index (κ3) is 8.30. The quantitative estimate of drug-likeness (QED) is 0.201. The molecule has 0 aromatic rings. The molecule has 1 heterocycles. The maximum Gasteiger partial charge on any atom is 0.336 e. The number of aliphatic imine (C=N–C) groups is 1. The number of esters is 2. The van der Waals surface area contributed by atoms with E-state index in [-0.39, 0.29) is 36.2 Å². The number of nitrogens with two attached hydrogens (primary N) is 1. The molecule has 0 aromatic heterocycles. The standard InChI is InChI=1S/C18H27NO4.C2H6N2S.ClH/c1-4-23-17(20)14-11-19-12(2)15(18(21)22-3)16(14)13-9-7-5-6-8-10-13;1-4-2(3)5;/h11,13,16,19H,4-10H2,1-3H3;1H3,(H3,3,4,5);1H/t16-;;/m1../s1. The van der Waals surface area contributed by atoms with Crippen molar-refractivity contribution in [1.29, 1.82) is 0 Å². The molecular formula is C20H34ClN3O4S. The Kier molecular flexibility index (Phi) is 13.5. The van der Waals surface area contributed by atoms with Crippen molar-refractivity contribution in [2.24, 2.45) is 22.6 Å². The zero-order chi connectivity index (χ0) is 21.1. The van der Waals surface area contributed by atoms with Crippen LogP contribution in [-0.2, 0) is 19.1 Å². The van der Waals surface area contributed by atoms with E-state index < -0.39 is 0 Å². The van der Waals surface area contributed by atoms with E-state index in [2.05, 4.69) is 22.9 Å². The lowest BCUT2D eigenvalue weighted by molar-refractivity contribution is -0.139. The second-order valence-corrected chi connectivity index (χ2v) is 7.26. The fourth-order valence-corrected chi connectivity index (χ4v) is 3.67. The predicted octanol–water partition coefficient (Wildman–Crippen LogP) is 3.35. The number of amidine groups is 1. The van der Waals surface area contributed by atoms with Gasteiger partial charge in [-0.1, -0.05) is 25.7 Å². The number of nitrogens with zero attached hydrogens (tertiary/aromatic N) is 1. The van der Waals surface area contributed by atoms with Crippen LogP contribution in [-0.4, -0.2) is 37.9 Å². The number of hydrogen-bond acceptors (Lipinski definition) is 6. The maximum absolute atomic E-state index is 12.4. The average Bonchev–Trinajstić information content (AvgIpc) is 2.97. The van der Waals surface area contributed by atoms with Crippen LogP contribution < -0.4 is 11.1 Å². The van der Waals surface area contributed by atoms with Crippen LogP contribution in [0.15, 0.2) is 28.0 Å². The Labute approximate surface area is 185 Å². The SMILES string of the molecule is CCOC(=O)C1=CNC(C)=C(C(=O)OC)[C@@H]1C1CCCCCC1.CN=C(N)S.Cl. The Morgan fingerprint density at radius 1 is 1.24 bits per heavy atom. The van der Waals surface area contributed by atoms with Gasteiger partial charge in [0.05, 0.1) is 24.9 Å². The number of dihydropyridines is 1. The highest BCUT2D eigenvalue weighted by molar-refractivity contribution is 7.96. The topological polar surface area (TPSA) is 103 Å². The van der Waals surface area contributed by atoms with Crippen LogP contribution in [0.5, 0.6) is 0 Å². The number of thiol groups is 1. The Morgan fingerprint density at radius 2 is 1.79 bits per heavy atom. The number of ether oxygens (including phenoxy) is 2. The largest absolute Gasteiger partial charge is 0.466 e. The summed E-state index contributed by atoms with van der Waals surface area (Å²) in [6, 6.07) is 0. The van der Waals surface area contributed by atoms with Crippen LogP contribution >= 0.6 is 25.0 Å². The van der Waals surface area contributed by atoms with E-state index in [1.54, 1.807) is 20.2 Å². The fraction of sp³-hybridized carbons (Fsp3) is 0.650. The molecule has 166 valence electrons.